The third kappa shape index (κ3) is 3.93. The molecule has 1 aromatic heterocycles. The summed E-state index contributed by atoms with van der Waals surface area (Å²) in [5.74, 6) is 0. The first-order chi connectivity index (χ1) is 7.09. The van der Waals surface area contributed by atoms with E-state index in [1.165, 1.54) is 0 Å². The first kappa shape index (κ1) is 12.7. The number of rotatable bonds is 6. The van der Waals surface area contributed by atoms with E-state index in [0.717, 1.165) is 23.9 Å². The molecular weight excluding hydrogens is 258 g/mol. The molecule has 0 radical (unpaired) electrons. The lowest BCUT2D eigenvalue weighted by molar-refractivity contribution is 0.169. The number of halogens is 1. The Bertz CT molecular complexity index is 297. The monoisotopic (exact) mass is 275 g/mol. The van der Waals surface area contributed by atoms with Crippen LogP contribution in [0.5, 0.6) is 0 Å². The second kappa shape index (κ2) is 5.63. The van der Waals surface area contributed by atoms with Gasteiger partial charge in [0.25, 0.3) is 0 Å². The molecule has 1 rings (SSSR count). The number of hydrogen-bond donors (Lipinski definition) is 2. The van der Waals surface area contributed by atoms with Crippen LogP contribution in [0, 0.1) is 0 Å². The van der Waals surface area contributed by atoms with Crippen molar-refractivity contribution in [3.8, 4) is 0 Å². The van der Waals surface area contributed by atoms with E-state index in [9.17, 15) is 5.11 Å². The first-order valence-electron chi connectivity index (χ1n) is 5.07. The van der Waals surface area contributed by atoms with Crippen LogP contribution >= 0.6 is 15.9 Å². The minimum atomic E-state index is -0.176. The largest absolute Gasteiger partial charge is 0.394 e. The fraction of sp³-hybridized carbons (Fsp3) is 0.700. The molecule has 0 fully saturated rings. The topological polar surface area (TPSA) is 50.1 Å². The number of hydrogen-bond acceptors (Lipinski definition) is 3. The van der Waals surface area contributed by atoms with E-state index in [1.54, 1.807) is 6.20 Å². The molecule has 86 valence electrons. The smallest absolute Gasteiger partial charge is 0.0632 e. The molecule has 0 amide bonds. The number of aryl methyl sites for hydroxylation is 1. The van der Waals surface area contributed by atoms with Gasteiger partial charge in [-0.05, 0) is 42.7 Å². The van der Waals surface area contributed by atoms with E-state index < -0.39 is 0 Å². The highest BCUT2D eigenvalue weighted by Gasteiger charge is 2.19. The van der Waals surface area contributed by atoms with Crippen molar-refractivity contribution in [1.29, 1.82) is 0 Å². The second-order valence-corrected chi connectivity index (χ2v) is 4.91. The zero-order valence-electron chi connectivity index (χ0n) is 9.20. The molecular formula is C10H18BrN3O. The zero-order chi connectivity index (χ0) is 11.3. The van der Waals surface area contributed by atoms with Gasteiger partial charge in [-0.3, -0.25) is 4.68 Å². The summed E-state index contributed by atoms with van der Waals surface area (Å²) in [6.45, 7) is 3.06. The van der Waals surface area contributed by atoms with Gasteiger partial charge >= 0.3 is 0 Å². The van der Waals surface area contributed by atoms with Crippen LogP contribution in [0.15, 0.2) is 16.9 Å². The van der Waals surface area contributed by atoms with E-state index in [-0.39, 0.29) is 12.1 Å². The van der Waals surface area contributed by atoms with E-state index in [4.69, 9.17) is 0 Å². The van der Waals surface area contributed by atoms with Gasteiger partial charge in [-0.25, -0.2) is 0 Å². The standard InChI is InChI=1S/C10H18BrN3O/c1-10(8-15,12-2)4-3-5-14-7-9(11)6-13-14/h6-7,12,15H,3-5,8H2,1-2H3. The van der Waals surface area contributed by atoms with Gasteiger partial charge in [0.15, 0.2) is 0 Å². The van der Waals surface area contributed by atoms with Crippen molar-refractivity contribution in [1.82, 2.24) is 15.1 Å². The fourth-order valence-corrected chi connectivity index (χ4v) is 1.70. The Balaban J connectivity index is 2.32. The van der Waals surface area contributed by atoms with Crippen LogP contribution in [-0.2, 0) is 6.54 Å². The van der Waals surface area contributed by atoms with E-state index in [0.29, 0.717) is 0 Å². The van der Waals surface area contributed by atoms with Gasteiger partial charge < -0.3 is 10.4 Å². The Morgan fingerprint density at radius 2 is 2.40 bits per heavy atom. The van der Waals surface area contributed by atoms with Gasteiger partial charge in [0.1, 0.15) is 0 Å². The summed E-state index contributed by atoms with van der Waals surface area (Å²) in [5, 5.41) is 16.5. The van der Waals surface area contributed by atoms with Crippen molar-refractivity contribution in [2.75, 3.05) is 13.7 Å². The maximum atomic E-state index is 9.19. The molecule has 0 saturated carbocycles. The lowest BCUT2D eigenvalue weighted by Crippen LogP contribution is -2.43. The average molecular weight is 276 g/mol. The molecule has 0 aliphatic rings. The van der Waals surface area contributed by atoms with Crippen LogP contribution in [0.1, 0.15) is 19.8 Å². The number of aliphatic hydroxyl groups is 1. The third-order valence-electron chi connectivity index (χ3n) is 2.67. The molecule has 1 heterocycles. The maximum absolute atomic E-state index is 9.19. The Morgan fingerprint density at radius 3 is 2.87 bits per heavy atom. The van der Waals surface area contributed by atoms with Crippen LogP contribution in [0.4, 0.5) is 0 Å². The Hall–Kier alpha value is -0.390. The van der Waals surface area contributed by atoms with Gasteiger partial charge in [0, 0.05) is 18.3 Å². The minimum absolute atomic E-state index is 0.159. The number of aliphatic hydroxyl groups excluding tert-OH is 1. The van der Waals surface area contributed by atoms with Crippen LogP contribution < -0.4 is 5.32 Å². The molecule has 0 bridgehead atoms. The molecule has 2 N–H and O–H groups in total. The van der Waals surface area contributed by atoms with E-state index in [1.807, 2.05) is 24.9 Å². The molecule has 0 saturated heterocycles. The van der Waals surface area contributed by atoms with Crippen molar-refractivity contribution >= 4 is 15.9 Å². The lowest BCUT2D eigenvalue weighted by Gasteiger charge is -2.26. The number of aromatic nitrogens is 2. The average Bonchev–Trinajstić information content (AvgIpc) is 2.64. The number of likely N-dealkylation sites (N-methyl/N-ethyl adjacent to an activating group) is 1. The van der Waals surface area contributed by atoms with Gasteiger partial charge in [-0.15, -0.1) is 0 Å². The van der Waals surface area contributed by atoms with Crippen LogP contribution in [0.3, 0.4) is 0 Å². The summed E-state index contributed by atoms with van der Waals surface area (Å²) in [6, 6.07) is 0. The zero-order valence-corrected chi connectivity index (χ0v) is 10.8. The van der Waals surface area contributed by atoms with Crippen molar-refractivity contribution in [3.05, 3.63) is 16.9 Å². The molecule has 0 aromatic carbocycles. The normalized spacial score (nSPS) is 15.2. The number of nitrogens with zero attached hydrogens (tertiary/aromatic N) is 2. The highest BCUT2D eigenvalue weighted by Crippen LogP contribution is 2.12. The predicted molar refractivity (Wildman–Crippen MR) is 63.7 cm³/mol. The van der Waals surface area contributed by atoms with Gasteiger partial charge in [0.05, 0.1) is 17.3 Å². The molecule has 5 heteroatoms. The van der Waals surface area contributed by atoms with Crippen molar-refractivity contribution in [2.24, 2.45) is 0 Å². The third-order valence-corrected chi connectivity index (χ3v) is 3.08. The molecule has 0 aliphatic carbocycles. The second-order valence-electron chi connectivity index (χ2n) is 3.99. The summed E-state index contributed by atoms with van der Waals surface area (Å²) in [6.07, 6.45) is 5.66. The van der Waals surface area contributed by atoms with Crippen LogP contribution in [-0.4, -0.2) is 34.1 Å². The van der Waals surface area contributed by atoms with E-state index >= 15 is 0 Å². The molecule has 4 nitrogen and oxygen atoms in total. The van der Waals surface area contributed by atoms with Crippen molar-refractivity contribution in [2.45, 2.75) is 31.8 Å². The lowest BCUT2D eigenvalue weighted by atomic mass is 9.97. The van der Waals surface area contributed by atoms with E-state index in [2.05, 4.69) is 26.3 Å². The molecule has 0 spiro atoms. The molecule has 1 aromatic rings. The summed E-state index contributed by atoms with van der Waals surface area (Å²) < 4.78 is 2.90. The minimum Gasteiger partial charge on any atom is -0.394 e. The molecule has 1 atom stereocenters. The maximum Gasteiger partial charge on any atom is 0.0632 e. The Morgan fingerprint density at radius 1 is 1.67 bits per heavy atom. The highest BCUT2D eigenvalue weighted by molar-refractivity contribution is 9.10. The first-order valence-corrected chi connectivity index (χ1v) is 5.87. The predicted octanol–water partition coefficient (Wildman–Crippen LogP) is 1.40. The van der Waals surface area contributed by atoms with Gasteiger partial charge in [-0.2, -0.15) is 5.10 Å². The SMILES string of the molecule is CNC(C)(CO)CCCn1cc(Br)cn1. The highest BCUT2D eigenvalue weighted by atomic mass is 79.9. The Labute approximate surface area is 98.8 Å². The summed E-state index contributed by atoms with van der Waals surface area (Å²) >= 11 is 3.36. The Kier molecular flexibility index (Phi) is 4.76. The van der Waals surface area contributed by atoms with Crippen LogP contribution in [0.25, 0.3) is 0 Å². The van der Waals surface area contributed by atoms with Gasteiger partial charge in [0.2, 0.25) is 0 Å². The quantitative estimate of drug-likeness (QED) is 0.825. The van der Waals surface area contributed by atoms with Crippen molar-refractivity contribution in [3.63, 3.8) is 0 Å². The molecule has 1 unspecified atom stereocenters. The fourth-order valence-electron chi connectivity index (χ4n) is 1.37. The summed E-state index contributed by atoms with van der Waals surface area (Å²) in [5.41, 5.74) is -0.176. The number of nitrogens with one attached hydrogen (secondary N) is 1. The van der Waals surface area contributed by atoms with Crippen LogP contribution in [0.2, 0.25) is 0 Å². The summed E-state index contributed by atoms with van der Waals surface area (Å²) in [7, 11) is 1.88. The van der Waals surface area contributed by atoms with Gasteiger partial charge in [-0.1, -0.05) is 0 Å². The molecule has 15 heavy (non-hydrogen) atoms. The summed E-state index contributed by atoms with van der Waals surface area (Å²) in [4.78, 5) is 0. The molecule has 0 aliphatic heterocycles. The van der Waals surface area contributed by atoms with Crippen molar-refractivity contribution < 1.29 is 5.11 Å².